The molecule has 0 aliphatic heterocycles. The van der Waals surface area contributed by atoms with E-state index in [1.807, 2.05) is 98.8 Å². The van der Waals surface area contributed by atoms with Gasteiger partial charge < -0.3 is 15.0 Å². The Balaban J connectivity index is 1.90. The molecule has 0 aromatic heterocycles. The average molecular weight is 459 g/mol. The molecule has 3 aromatic rings. The number of hydrogen-bond donors (Lipinski definition) is 1. The third kappa shape index (κ3) is 6.70. The van der Waals surface area contributed by atoms with Crippen molar-refractivity contribution in [2.45, 2.75) is 51.7 Å². The van der Waals surface area contributed by atoms with Crippen LogP contribution in [0.2, 0.25) is 0 Å². The van der Waals surface area contributed by atoms with Gasteiger partial charge in [0.15, 0.2) is 0 Å². The molecule has 0 saturated heterocycles. The molecule has 3 aromatic carbocycles. The highest BCUT2D eigenvalue weighted by molar-refractivity contribution is 5.88. The van der Waals surface area contributed by atoms with Crippen LogP contribution >= 0.6 is 0 Å². The zero-order valence-corrected chi connectivity index (χ0v) is 20.4. The molecule has 0 spiro atoms. The highest BCUT2D eigenvalue weighted by Gasteiger charge is 2.29. The maximum Gasteiger partial charge on any atom is 0.242 e. The van der Waals surface area contributed by atoms with Gasteiger partial charge in [-0.2, -0.15) is 0 Å². The van der Waals surface area contributed by atoms with Crippen LogP contribution in [0.15, 0.2) is 84.9 Å². The number of methoxy groups -OCH3 is 1. The molecule has 5 heteroatoms. The van der Waals surface area contributed by atoms with Gasteiger partial charge in [0, 0.05) is 24.9 Å². The maximum absolute atomic E-state index is 13.8. The van der Waals surface area contributed by atoms with Crippen LogP contribution in [-0.4, -0.2) is 35.9 Å². The van der Waals surface area contributed by atoms with E-state index in [-0.39, 0.29) is 30.2 Å². The van der Waals surface area contributed by atoms with Crippen LogP contribution in [0.3, 0.4) is 0 Å². The van der Waals surface area contributed by atoms with Crippen molar-refractivity contribution in [3.05, 3.63) is 102 Å². The molecule has 0 saturated carbocycles. The number of carbonyl (C=O) groups excluding carboxylic acids is 2. The Bertz CT molecular complexity index is 1010. The molecule has 0 fully saturated rings. The molecule has 1 N–H and O–H groups in total. The molecule has 0 aliphatic rings. The number of carbonyl (C=O) groups is 2. The van der Waals surface area contributed by atoms with Crippen molar-refractivity contribution >= 4 is 11.8 Å². The van der Waals surface area contributed by atoms with E-state index in [2.05, 4.69) is 5.32 Å². The third-order valence-corrected chi connectivity index (χ3v) is 5.89. The Morgan fingerprint density at radius 1 is 0.824 bits per heavy atom. The summed E-state index contributed by atoms with van der Waals surface area (Å²) in [7, 11) is 1.62. The van der Waals surface area contributed by atoms with Gasteiger partial charge in [0.05, 0.1) is 7.11 Å². The summed E-state index contributed by atoms with van der Waals surface area (Å²) in [5.74, 6) is 0.418. The van der Waals surface area contributed by atoms with E-state index in [0.29, 0.717) is 6.54 Å². The van der Waals surface area contributed by atoms with Gasteiger partial charge in [-0.15, -0.1) is 0 Å². The lowest BCUT2D eigenvalue weighted by molar-refractivity contribution is -0.141. The van der Waals surface area contributed by atoms with Crippen LogP contribution in [0.4, 0.5) is 0 Å². The van der Waals surface area contributed by atoms with Crippen molar-refractivity contribution in [1.82, 2.24) is 10.2 Å². The van der Waals surface area contributed by atoms with E-state index in [4.69, 9.17) is 4.74 Å². The summed E-state index contributed by atoms with van der Waals surface area (Å²) in [6.07, 6.45) is 0.267. The van der Waals surface area contributed by atoms with Crippen LogP contribution in [-0.2, 0) is 16.1 Å². The monoisotopic (exact) mass is 458 g/mol. The molecule has 3 rings (SSSR count). The molecule has 1 atom stereocenters. The first-order chi connectivity index (χ1) is 16.4. The number of hydrogen-bond acceptors (Lipinski definition) is 3. The predicted octanol–water partition coefficient (Wildman–Crippen LogP) is 5.16. The van der Waals surface area contributed by atoms with Gasteiger partial charge in [0.2, 0.25) is 11.8 Å². The molecule has 0 bridgehead atoms. The number of benzene rings is 3. The zero-order valence-electron chi connectivity index (χ0n) is 20.4. The molecule has 0 radical (unpaired) electrons. The molecule has 0 aliphatic carbocycles. The van der Waals surface area contributed by atoms with Crippen molar-refractivity contribution in [3.63, 3.8) is 0 Å². The van der Waals surface area contributed by atoms with Gasteiger partial charge in [-0.25, -0.2) is 0 Å². The van der Waals surface area contributed by atoms with Crippen molar-refractivity contribution in [2.24, 2.45) is 0 Å². The number of rotatable bonds is 10. The topological polar surface area (TPSA) is 58.6 Å². The fourth-order valence-electron chi connectivity index (χ4n) is 4.01. The second-order valence-corrected chi connectivity index (χ2v) is 8.79. The average Bonchev–Trinajstić information content (AvgIpc) is 2.86. The lowest BCUT2D eigenvalue weighted by Crippen LogP contribution is -2.49. The van der Waals surface area contributed by atoms with E-state index >= 15 is 0 Å². The Kier molecular flexibility index (Phi) is 8.86. The Morgan fingerprint density at radius 3 is 1.82 bits per heavy atom. The molecular formula is C29H34N2O3. The lowest BCUT2D eigenvalue weighted by Gasteiger charge is -2.31. The van der Waals surface area contributed by atoms with E-state index in [0.717, 1.165) is 22.4 Å². The minimum Gasteiger partial charge on any atom is -0.497 e. The van der Waals surface area contributed by atoms with Gasteiger partial charge in [-0.05, 0) is 49.6 Å². The SMILES string of the molecule is COc1ccc(CN(C(=O)CC(c2ccccc2)c2ccccc2)C(C)C(=O)NC(C)C)cc1. The normalized spacial score (nSPS) is 11.8. The first kappa shape index (κ1) is 25.0. The molecule has 1 unspecified atom stereocenters. The van der Waals surface area contributed by atoms with Gasteiger partial charge >= 0.3 is 0 Å². The summed E-state index contributed by atoms with van der Waals surface area (Å²) in [5.41, 5.74) is 3.09. The van der Waals surface area contributed by atoms with Crippen molar-refractivity contribution in [1.29, 1.82) is 0 Å². The zero-order chi connectivity index (χ0) is 24.5. The molecule has 34 heavy (non-hydrogen) atoms. The van der Waals surface area contributed by atoms with Crippen LogP contribution in [0.5, 0.6) is 5.75 Å². The Morgan fingerprint density at radius 2 is 1.35 bits per heavy atom. The van der Waals surface area contributed by atoms with Crippen molar-refractivity contribution in [2.75, 3.05) is 7.11 Å². The third-order valence-electron chi connectivity index (χ3n) is 5.89. The van der Waals surface area contributed by atoms with Gasteiger partial charge in [0.25, 0.3) is 0 Å². The maximum atomic E-state index is 13.8. The minimum absolute atomic E-state index is 0.00530. The van der Waals surface area contributed by atoms with Crippen molar-refractivity contribution in [3.8, 4) is 5.75 Å². The molecular weight excluding hydrogens is 424 g/mol. The second kappa shape index (κ2) is 12.0. The summed E-state index contributed by atoms with van der Waals surface area (Å²) in [6, 6.07) is 27.1. The van der Waals surface area contributed by atoms with Gasteiger partial charge in [0.1, 0.15) is 11.8 Å². The fourth-order valence-corrected chi connectivity index (χ4v) is 4.01. The summed E-state index contributed by atoms with van der Waals surface area (Å²) in [5, 5.41) is 2.95. The number of amides is 2. The van der Waals surface area contributed by atoms with Gasteiger partial charge in [-0.1, -0.05) is 72.8 Å². The smallest absolute Gasteiger partial charge is 0.242 e. The first-order valence-electron chi connectivity index (χ1n) is 11.7. The lowest BCUT2D eigenvalue weighted by atomic mass is 9.88. The highest BCUT2D eigenvalue weighted by atomic mass is 16.5. The Hall–Kier alpha value is -3.60. The minimum atomic E-state index is -0.607. The summed E-state index contributed by atoms with van der Waals surface area (Å²) < 4.78 is 5.26. The molecule has 178 valence electrons. The number of ether oxygens (including phenoxy) is 1. The summed E-state index contributed by atoms with van der Waals surface area (Å²) >= 11 is 0. The quantitative estimate of drug-likeness (QED) is 0.457. The number of nitrogens with zero attached hydrogens (tertiary/aromatic N) is 1. The summed E-state index contributed by atoms with van der Waals surface area (Å²) in [6.45, 7) is 5.97. The van der Waals surface area contributed by atoms with Crippen molar-refractivity contribution < 1.29 is 14.3 Å². The van der Waals surface area contributed by atoms with E-state index in [9.17, 15) is 9.59 Å². The standard InChI is InChI=1S/C29H34N2O3/c1-21(2)30-29(33)22(3)31(20-23-15-17-26(34-4)18-16-23)28(32)19-27(24-11-7-5-8-12-24)25-13-9-6-10-14-25/h5-18,21-22,27H,19-20H2,1-4H3,(H,30,33). The first-order valence-corrected chi connectivity index (χ1v) is 11.7. The van der Waals surface area contributed by atoms with Gasteiger partial charge in [-0.3, -0.25) is 9.59 Å². The molecule has 2 amide bonds. The van der Waals surface area contributed by atoms with E-state index in [1.165, 1.54) is 0 Å². The number of nitrogens with one attached hydrogen (secondary N) is 1. The van der Waals surface area contributed by atoms with Crippen LogP contribution in [0.1, 0.15) is 49.8 Å². The van der Waals surface area contributed by atoms with E-state index in [1.54, 1.807) is 18.9 Å². The molecule has 0 heterocycles. The fraction of sp³-hybridized carbons (Fsp3) is 0.310. The van der Waals surface area contributed by atoms with Crippen LogP contribution in [0.25, 0.3) is 0 Å². The van der Waals surface area contributed by atoms with Crippen LogP contribution in [0, 0.1) is 0 Å². The summed E-state index contributed by atoms with van der Waals surface area (Å²) in [4.78, 5) is 28.4. The Labute approximate surface area is 202 Å². The van der Waals surface area contributed by atoms with E-state index < -0.39 is 6.04 Å². The molecule has 5 nitrogen and oxygen atoms in total. The second-order valence-electron chi connectivity index (χ2n) is 8.79. The van der Waals surface area contributed by atoms with Crippen LogP contribution < -0.4 is 10.1 Å². The largest absolute Gasteiger partial charge is 0.497 e. The predicted molar refractivity (Wildman–Crippen MR) is 136 cm³/mol. The highest BCUT2D eigenvalue weighted by Crippen LogP contribution is 2.29.